The third-order valence-corrected chi connectivity index (χ3v) is 9.49. The second-order valence-electron chi connectivity index (χ2n) is 7.20. The zero-order chi connectivity index (χ0) is 19.1. The van der Waals surface area contributed by atoms with Crippen molar-refractivity contribution in [2.24, 2.45) is 0 Å². The van der Waals surface area contributed by atoms with Crippen molar-refractivity contribution in [2.45, 2.75) is 23.1 Å². The molecule has 0 radical (unpaired) electrons. The smallest absolute Gasteiger partial charge is 0.183 e. The average Bonchev–Trinajstić information content (AvgIpc) is 2.92. The molecule has 0 saturated carbocycles. The monoisotopic (exact) mass is 402 g/mol. The first-order chi connectivity index (χ1) is 12.1. The van der Waals surface area contributed by atoms with Gasteiger partial charge < -0.3 is 9.64 Å². The molecule has 0 aromatic heterocycles. The van der Waals surface area contributed by atoms with E-state index in [9.17, 15) is 16.8 Å². The fourth-order valence-electron chi connectivity index (χ4n) is 3.79. The minimum Gasteiger partial charge on any atom is -0.496 e. The SMILES string of the molecule is COc1ccc(S(=O)(=O)C2CS(=O)(=O)CC2N2CCN(C)CC2)cc1C. The lowest BCUT2D eigenvalue weighted by Crippen LogP contribution is -2.54. The Morgan fingerprint density at radius 3 is 2.35 bits per heavy atom. The van der Waals surface area contributed by atoms with Crippen LogP contribution in [0.2, 0.25) is 0 Å². The summed E-state index contributed by atoms with van der Waals surface area (Å²) in [4.78, 5) is 4.36. The number of aryl methyl sites for hydroxylation is 1. The van der Waals surface area contributed by atoms with E-state index in [0.29, 0.717) is 24.4 Å². The van der Waals surface area contributed by atoms with E-state index >= 15 is 0 Å². The molecule has 0 aliphatic carbocycles. The summed E-state index contributed by atoms with van der Waals surface area (Å²) in [7, 11) is -3.60. The zero-order valence-corrected chi connectivity index (χ0v) is 17.0. The molecule has 0 N–H and O–H groups in total. The van der Waals surface area contributed by atoms with Crippen molar-refractivity contribution >= 4 is 19.7 Å². The number of rotatable bonds is 4. The predicted octanol–water partition coefficient (Wildman–Crippen LogP) is 0.190. The van der Waals surface area contributed by atoms with Gasteiger partial charge in [-0.3, -0.25) is 4.90 Å². The molecule has 2 aliphatic heterocycles. The van der Waals surface area contributed by atoms with Crippen molar-refractivity contribution in [3.05, 3.63) is 23.8 Å². The highest BCUT2D eigenvalue weighted by Gasteiger charge is 2.48. The summed E-state index contributed by atoms with van der Waals surface area (Å²) in [6.07, 6.45) is 0. The Labute approximate surface area is 155 Å². The van der Waals surface area contributed by atoms with Crippen LogP contribution in [-0.2, 0) is 19.7 Å². The maximum absolute atomic E-state index is 13.2. The van der Waals surface area contributed by atoms with Crippen molar-refractivity contribution in [3.8, 4) is 5.75 Å². The van der Waals surface area contributed by atoms with Gasteiger partial charge in [0.05, 0.1) is 28.8 Å². The van der Waals surface area contributed by atoms with Crippen LogP contribution in [0.5, 0.6) is 5.75 Å². The molecular formula is C17H26N2O5S2. The number of piperazine rings is 1. The molecule has 2 atom stereocenters. The van der Waals surface area contributed by atoms with Gasteiger partial charge in [0.15, 0.2) is 19.7 Å². The molecule has 2 saturated heterocycles. The largest absolute Gasteiger partial charge is 0.496 e. The van der Waals surface area contributed by atoms with E-state index in [2.05, 4.69) is 4.90 Å². The van der Waals surface area contributed by atoms with Crippen LogP contribution in [0, 0.1) is 6.92 Å². The van der Waals surface area contributed by atoms with Crippen molar-refractivity contribution in [1.82, 2.24) is 9.80 Å². The van der Waals surface area contributed by atoms with Crippen LogP contribution in [0.25, 0.3) is 0 Å². The number of methoxy groups -OCH3 is 1. The van der Waals surface area contributed by atoms with Gasteiger partial charge in [-0.25, -0.2) is 16.8 Å². The molecular weight excluding hydrogens is 376 g/mol. The first kappa shape index (κ1) is 19.6. The van der Waals surface area contributed by atoms with Crippen LogP contribution in [-0.4, -0.2) is 89.8 Å². The summed E-state index contributed by atoms with van der Waals surface area (Å²) in [5.41, 5.74) is 0.713. The summed E-state index contributed by atoms with van der Waals surface area (Å²) in [5.74, 6) is 0.214. The van der Waals surface area contributed by atoms with Crippen LogP contribution < -0.4 is 4.74 Å². The fraction of sp³-hybridized carbons (Fsp3) is 0.647. The Balaban J connectivity index is 1.94. The first-order valence-corrected chi connectivity index (χ1v) is 12.0. The molecule has 146 valence electrons. The van der Waals surface area contributed by atoms with Gasteiger partial charge in [-0.2, -0.15) is 0 Å². The molecule has 2 aliphatic rings. The van der Waals surface area contributed by atoms with Crippen molar-refractivity contribution in [3.63, 3.8) is 0 Å². The molecule has 0 spiro atoms. The van der Waals surface area contributed by atoms with Crippen molar-refractivity contribution < 1.29 is 21.6 Å². The normalized spacial score (nSPS) is 27.5. The second-order valence-corrected chi connectivity index (χ2v) is 11.5. The minimum absolute atomic E-state index is 0.0876. The Morgan fingerprint density at radius 1 is 1.12 bits per heavy atom. The van der Waals surface area contributed by atoms with E-state index in [4.69, 9.17) is 4.74 Å². The van der Waals surface area contributed by atoms with Gasteiger partial charge in [0.25, 0.3) is 0 Å². The summed E-state index contributed by atoms with van der Waals surface area (Å²) in [6.45, 7) is 4.77. The standard InChI is InChI=1S/C17H26N2O5S2/c1-13-10-14(4-5-16(13)24-3)26(22,23)17-12-25(20,21)11-15(17)19-8-6-18(2)7-9-19/h4-5,10,15,17H,6-9,11-12H2,1-3H3. The molecule has 1 aromatic carbocycles. The summed E-state index contributed by atoms with van der Waals surface area (Å²) >= 11 is 0. The first-order valence-electron chi connectivity index (χ1n) is 8.65. The van der Waals surface area contributed by atoms with Gasteiger partial charge in [-0.1, -0.05) is 0 Å². The number of likely N-dealkylation sites (N-methyl/N-ethyl adjacent to an activating group) is 1. The maximum atomic E-state index is 13.2. The lowest BCUT2D eigenvalue weighted by molar-refractivity contribution is 0.122. The summed E-state index contributed by atoms with van der Waals surface area (Å²) in [6, 6.07) is 4.21. The number of benzene rings is 1. The molecule has 2 heterocycles. The Bertz CT molecular complexity index is 874. The van der Waals surface area contributed by atoms with Gasteiger partial charge in [-0.15, -0.1) is 0 Å². The molecule has 7 nitrogen and oxygen atoms in total. The zero-order valence-electron chi connectivity index (χ0n) is 15.4. The quantitative estimate of drug-likeness (QED) is 0.711. The van der Waals surface area contributed by atoms with Gasteiger partial charge in [0, 0.05) is 32.2 Å². The van der Waals surface area contributed by atoms with Gasteiger partial charge in [-0.05, 0) is 37.7 Å². The Morgan fingerprint density at radius 2 is 1.77 bits per heavy atom. The van der Waals surface area contributed by atoms with E-state index in [0.717, 1.165) is 13.1 Å². The van der Waals surface area contributed by atoms with Crippen molar-refractivity contribution in [1.29, 1.82) is 0 Å². The molecule has 2 unspecified atom stereocenters. The molecule has 1 aromatic rings. The van der Waals surface area contributed by atoms with Crippen molar-refractivity contribution in [2.75, 3.05) is 51.8 Å². The second kappa shape index (κ2) is 7.10. The molecule has 2 fully saturated rings. The highest BCUT2D eigenvalue weighted by atomic mass is 32.2. The predicted molar refractivity (Wildman–Crippen MR) is 100 cm³/mol. The fourth-order valence-corrected chi connectivity index (χ4v) is 8.70. The van der Waals surface area contributed by atoms with E-state index in [-0.39, 0.29) is 16.4 Å². The van der Waals surface area contributed by atoms with E-state index in [1.165, 1.54) is 13.2 Å². The molecule has 3 rings (SSSR count). The number of sulfone groups is 2. The highest BCUT2D eigenvalue weighted by molar-refractivity contribution is 7.96. The summed E-state index contributed by atoms with van der Waals surface area (Å²) < 4.78 is 56.3. The Kier molecular flexibility index (Phi) is 5.35. The van der Waals surface area contributed by atoms with E-state index < -0.39 is 31.0 Å². The average molecular weight is 403 g/mol. The number of nitrogens with zero attached hydrogens (tertiary/aromatic N) is 2. The van der Waals surface area contributed by atoms with Crippen LogP contribution in [0.4, 0.5) is 0 Å². The maximum Gasteiger partial charge on any atom is 0.183 e. The third-order valence-electron chi connectivity index (χ3n) is 5.37. The lowest BCUT2D eigenvalue weighted by Gasteiger charge is -2.37. The molecule has 9 heteroatoms. The van der Waals surface area contributed by atoms with Crippen LogP contribution in [0.3, 0.4) is 0 Å². The van der Waals surface area contributed by atoms with Crippen LogP contribution in [0.1, 0.15) is 5.56 Å². The van der Waals surface area contributed by atoms with Crippen LogP contribution >= 0.6 is 0 Å². The van der Waals surface area contributed by atoms with Gasteiger partial charge >= 0.3 is 0 Å². The number of hydrogen-bond donors (Lipinski definition) is 0. The Hall–Kier alpha value is -1.16. The third kappa shape index (κ3) is 3.76. The molecule has 0 bridgehead atoms. The lowest BCUT2D eigenvalue weighted by atomic mass is 10.2. The topological polar surface area (TPSA) is 84.0 Å². The van der Waals surface area contributed by atoms with Crippen LogP contribution in [0.15, 0.2) is 23.1 Å². The molecule has 26 heavy (non-hydrogen) atoms. The van der Waals surface area contributed by atoms with E-state index in [1.807, 2.05) is 11.9 Å². The number of ether oxygens (including phenoxy) is 1. The molecule has 0 amide bonds. The van der Waals surface area contributed by atoms with Gasteiger partial charge in [0.1, 0.15) is 5.75 Å². The van der Waals surface area contributed by atoms with Gasteiger partial charge in [0.2, 0.25) is 0 Å². The highest BCUT2D eigenvalue weighted by Crippen LogP contribution is 2.31. The summed E-state index contributed by atoms with van der Waals surface area (Å²) in [5, 5.41) is -0.927. The van der Waals surface area contributed by atoms with E-state index in [1.54, 1.807) is 19.1 Å². The number of hydrogen-bond acceptors (Lipinski definition) is 7. The minimum atomic E-state index is -3.76.